The van der Waals surface area contributed by atoms with Crippen molar-refractivity contribution in [3.05, 3.63) is 252 Å². The van der Waals surface area contributed by atoms with Crippen LogP contribution in [0.2, 0.25) is 0 Å². The molecule has 2 unspecified atom stereocenters. The van der Waals surface area contributed by atoms with Gasteiger partial charge in [-0.05, 0) is 78.2 Å². The maximum atomic E-state index is 5.47. The molecule has 1 heterocycles. The SMILES string of the molecule is C1=CC2C=C(c3nc(-c4ccc5c(c4)C(c4ccccc4)(c4ccccc4)c4ccccc4-5)nc(-c4cc5ccccc5c5ccccc45)n3)c3ccccc3C2C=C1. The summed E-state index contributed by atoms with van der Waals surface area (Å²) in [6.45, 7) is 0. The number of nitrogens with zero attached hydrogens (tertiary/aromatic N) is 3. The Morgan fingerprint density at radius 1 is 0.407 bits per heavy atom. The second-order valence-electron chi connectivity index (χ2n) is 15.8. The highest BCUT2D eigenvalue weighted by Gasteiger charge is 2.46. The van der Waals surface area contributed by atoms with Gasteiger partial charge in [-0.15, -0.1) is 0 Å². The van der Waals surface area contributed by atoms with Crippen LogP contribution < -0.4 is 0 Å². The largest absolute Gasteiger partial charge is 0.208 e. The minimum absolute atomic E-state index is 0.200. The van der Waals surface area contributed by atoms with E-state index in [0.717, 1.165) is 33.0 Å². The zero-order chi connectivity index (χ0) is 38.9. The Labute approximate surface area is 343 Å². The zero-order valence-corrected chi connectivity index (χ0v) is 32.2. The van der Waals surface area contributed by atoms with Crippen molar-refractivity contribution in [3.8, 4) is 33.9 Å². The van der Waals surface area contributed by atoms with E-state index in [-0.39, 0.29) is 11.8 Å². The third-order valence-electron chi connectivity index (χ3n) is 12.7. The van der Waals surface area contributed by atoms with Gasteiger partial charge in [0.2, 0.25) is 0 Å². The van der Waals surface area contributed by atoms with E-state index in [1.54, 1.807) is 0 Å². The fourth-order valence-electron chi connectivity index (χ4n) is 10.2. The molecule has 3 aliphatic rings. The van der Waals surface area contributed by atoms with Crippen molar-refractivity contribution in [2.75, 3.05) is 0 Å². The van der Waals surface area contributed by atoms with Crippen molar-refractivity contribution in [1.82, 2.24) is 15.0 Å². The van der Waals surface area contributed by atoms with Crippen LogP contribution in [0.1, 0.15) is 45.1 Å². The van der Waals surface area contributed by atoms with Crippen molar-refractivity contribution in [1.29, 1.82) is 0 Å². The van der Waals surface area contributed by atoms with Gasteiger partial charge in [-0.25, -0.2) is 15.0 Å². The third kappa shape index (κ3) is 5.11. The Morgan fingerprint density at radius 3 is 1.83 bits per heavy atom. The zero-order valence-electron chi connectivity index (χ0n) is 32.2. The summed E-state index contributed by atoms with van der Waals surface area (Å²) in [6, 6.07) is 65.8. The van der Waals surface area contributed by atoms with E-state index < -0.39 is 5.41 Å². The van der Waals surface area contributed by atoms with Crippen LogP contribution in [-0.4, -0.2) is 15.0 Å². The summed E-state index contributed by atoms with van der Waals surface area (Å²) in [5, 5.41) is 4.66. The lowest BCUT2D eigenvalue weighted by molar-refractivity contribution is 0.687. The molecule has 59 heavy (non-hydrogen) atoms. The Kier molecular flexibility index (Phi) is 7.58. The number of aromatic nitrogens is 3. The van der Waals surface area contributed by atoms with Gasteiger partial charge in [0.15, 0.2) is 17.5 Å². The summed E-state index contributed by atoms with van der Waals surface area (Å²) in [4.78, 5) is 16.4. The van der Waals surface area contributed by atoms with Crippen LogP contribution >= 0.6 is 0 Å². The topological polar surface area (TPSA) is 38.7 Å². The lowest BCUT2D eigenvalue weighted by Gasteiger charge is -2.34. The van der Waals surface area contributed by atoms with Gasteiger partial charge < -0.3 is 0 Å². The predicted molar refractivity (Wildman–Crippen MR) is 241 cm³/mol. The molecule has 276 valence electrons. The van der Waals surface area contributed by atoms with Gasteiger partial charge in [0.25, 0.3) is 0 Å². The predicted octanol–water partition coefficient (Wildman–Crippen LogP) is 13.1. The molecule has 0 bridgehead atoms. The fourth-order valence-corrected chi connectivity index (χ4v) is 10.2. The van der Waals surface area contributed by atoms with Gasteiger partial charge >= 0.3 is 0 Å². The number of fused-ring (bicyclic) bond motifs is 9. The first kappa shape index (κ1) is 33.6. The molecule has 0 spiro atoms. The lowest BCUT2D eigenvalue weighted by atomic mass is 9.67. The molecule has 0 saturated carbocycles. The normalized spacial score (nSPS) is 16.9. The molecule has 0 fully saturated rings. The van der Waals surface area contributed by atoms with Crippen LogP contribution in [0.5, 0.6) is 0 Å². The summed E-state index contributed by atoms with van der Waals surface area (Å²) in [7, 11) is 0. The molecular formula is C56H37N3. The van der Waals surface area contributed by atoms with Crippen molar-refractivity contribution in [3.63, 3.8) is 0 Å². The van der Waals surface area contributed by atoms with Crippen molar-refractivity contribution in [2.24, 2.45) is 5.92 Å². The fraction of sp³-hybridized carbons (Fsp3) is 0.0536. The van der Waals surface area contributed by atoms with Gasteiger partial charge in [-0.2, -0.15) is 0 Å². The Morgan fingerprint density at radius 2 is 1.02 bits per heavy atom. The first-order chi connectivity index (χ1) is 29.3. The van der Waals surface area contributed by atoms with E-state index in [9.17, 15) is 0 Å². The molecule has 1 aromatic heterocycles. The number of rotatable bonds is 5. The Hall–Kier alpha value is -7.49. The molecule has 3 aliphatic carbocycles. The first-order valence-corrected chi connectivity index (χ1v) is 20.4. The highest BCUT2D eigenvalue weighted by atomic mass is 15.0. The van der Waals surface area contributed by atoms with Crippen molar-refractivity contribution < 1.29 is 0 Å². The Bertz CT molecular complexity index is 3190. The molecule has 9 aromatic rings. The van der Waals surface area contributed by atoms with Gasteiger partial charge in [0.05, 0.1) is 5.41 Å². The maximum Gasteiger partial charge on any atom is 0.164 e. The van der Waals surface area contributed by atoms with Crippen LogP contribution in [0.15, 0.2) is 212 Å². The highest BCUT2D eigenvalue weighted by Crippen LogP contribution is 2.56. The molecule has 0 amide bonds. The summed E-state index contributed by atoms with van der Waals surface area (Å²) < 4.78 is 0. The minimum Gasteiger partial charge on any atom is -0.208 e. The van der Waals surface area contributed by atoms with Crippen LogP contribution in [0.25, 0.3) is 61.0 Å². The van der Waals surface area contributed by atoms with Gasteiger partial charge in [-0.3, -0.25) is 0 Å². The molecule has 0 radical (unpaired) electrons. The average molecular weight is 752 g/mol. The summed E-state index contributed by atoms with van der Waals surface area (Å²) in [6.07, 6.45) is 11.3. The number of benzene rings is 8. The smallest absolute Gasteiger partial charge is 0.164 e. The van der Waals surface area contributed by atoms with Crippen LogP contribution in [0.3, 0.4) is 0 Å². The van der Waals surface area contributed by atoms with E-state index in [4.69, 9.17) is 15.0 Å². The van der Waals surface area contributed by atoms with Crippen molar-refractivity contribution in [2.45, 2.75) is 11.3 Å². The van der Waals surface area contributed by atoms with Crippen LogP contribution in [-0.2, 0) is 5.41 Å². The third-order valence-corrected chi connectivity index (χ3v) is 12.7. The average Bonchev–Trinajstić information content (AvgIpc) is 3.62. The van der Waals surface area contributed by atoms with Gasteiger partial charge in [-0.1, -0.05) is 200 Å². The standard InChI is InChI=1S/C56H37N3/c1-3-19-39(20-4-1)56(40-21-5-2-6-22-40)51-30-16-15-29-47(51)48-32-31-38(35-52(48)56)53-57-54(49-33-36-17-7-9-23-41(36)43-25-11-13-27-45(43)49)59-55(58-53)50-34-37-18-8-10-24-42(37)44-26-12-14-28-46(44)50/h1-36,41H. The second-order valence-corrected chi connectivity index (χ2v) is 15.8. The molecule has 12 rings (SSSR count). The van der Waals surface area contributed by atoms with E-state index >= 15 is 0 Å². The molecule has 3 nitrogen and oxygen atoms in total. The van der Waals surface area contributed by atoms with E-state index in [2.05, 4.69) is 212 Å². The molecule has 0 aliphatic heterocycles. The van der Waals surface area contributed by atoms with Gasteiger partial charge in [0.1, 0.15) is 0 Å². The number of allylic oxidation sites excluding steroid dienone is 5. The molecule has 0 saturated heterocycles. The van der Waals surface area contributed by atoms with E-state index in [0.29, 0.717) is 17.5 Å². The monoisotopic (exact) mass is 751 g/mol. The van der Waals surface area contributed by atoms with E-state index in [1.165, 1.54) is 49.7 Å². The molecule has 8 aromatic carbocycles. The highest BCUT2D eigenvalue weighted by molar-refractivity contribution is 6.13. The first-order valence-electron chi connectivity index (χ1n) is 20.4. The van der Waals surface area contributed by atoms with Crippen LogP contribution in [0.4, 0.5) is 0 Å². The molecule has 0 N–H and O–H groups in total. The van der Waals surface area contributed by atoms with E-state index in [1.807, 2.05) is 0 Å². The molecule has 2 atom stereocenters. The minimum atomic E-state index is -0.543. The second kappa shape index (κ2) is 13.3. The molecule has 3 heteroatoms. The number of hydrogen-bond donors (Lipinski definition) is 0. The summed E-state index contributed by atoms with van der Waals surface area (Å²) in [5.74, 6) is 2.46. The Balaban J connectivity index is 1.14. The summed E-state index contributed by atoms with van der Waals surface area (Å²) >= 11 is 0. The lowest BCUT2D eigenvalue weighted by Crippen LogP contribution is -2.28. The van der Waals surface area contributed by atoms with Crippen molar-refractivity contribution >= 4 is 27.1 Å². The summed E-state index contributed by atoms with van der Waals surface area (Å²) in [5.41, 5.74) is 12.3. The maximum absolute atomic E-state index is 5.47. The van der Waals surface area contributed by atoms with Crippen LogP contribution in [0, 0.1) is 5.92 Å². The quantitative estimate of drug-likeness (QED) is 0.164. The molecular weight excluding hydrogens is 715 g/mol. The van der Waals surface area contributed by atoms with Gasteiger partial charge in [0, 0.05) is 28.5 Å². The number of hydrogen-bond acceptors (Lipinski definition) is 3.